The van der Waals surface area contributed by atoms with E-state index in [1.165, 1.54) is 22.3 Å². The fourth-order valence-electron chi connectivity index (χ4n) is 2.77. The summed E-state index contributed by atoms with van der Waals surface area (Å²) in [4.78, 5) is 8.70. The van der Waals surface area contributed by atoms with Gasteiger partial charge in [0.25, 0.3) is 0 Å². The van der Waals surface area contributed by atoms with Crippen molar-refractivity contribution in [3.63, 3.8) is 0 Å². The SMILES string of the molecule is Cc1cccnc1-c1ccccc1.Cc1cccnc1-c1ccccc1.[Ir+2]. The van der Waals surface area contributed by atoms with E-state index in [4.69, 9.17) is 0 Å². The zero-order valence-corrected chi connectivity index (χ0v) is 17.9. The summed E-state index contributed by atoms with van der Waals surface area (Å²) in [6.07, 6.45) is 3.66. The molecule has 0 fully saturated rings. The van der Waals surface area contributed by atoms with E-state index < -0.39 is 0 Å². The second-order valence-electron chi connectivity index (χ2n) is 6.07. The zero-order valence-electron chi connectivity index (χ0n) is 15.5. The third-order valence-corrected chi connectivity index (χ3v) is 4.11. The van der Waals surface area contributed by atoms with Crippen molar-refractivity contribution in [2.45, 2.75) is 13.8 Å². The van der Waals surface area contributed by atoms with Crippen molar-refractivity contribution in [3.05, 3.63) is 108 Å². The number of rotatable bonds is 2. The summed E-state index contributed by atoms with van der Waals surface area (Å²) in [5.74, 6) is 0. The van der Waals surface area contributed by atoms with Crippen molar-refractivity contribution in [2.24, 2.45) is 0 Å². The largest absolute Gasteiger partial charge is 2.00 e. The first-order valence-corrected chi connectivity index (χ1v) is 8.70. The standard InChI is InChI=1S/2C12H11N.Ir/c2*1-10-6-5-9-13-12(10)11-7-3-2-4-8-11;/h2*2-9H,1H3;/q;;+2. The summed E-state index contributed by atoms with van der Waals surface area (Å²) >= 11 is 0. The number of benzene rings is 2. The average molecular weight is 531 g/mol. The number of aryl methyl sites for hydroxylation is 2. The Morgan fingerprint density at radius 3 is 1.19 bits per heavy atom. The number of hydrogen-bond acceptors (Lipinski definition) is 2. The molecule has 27 heavy (non-hydrogen) atoms. The summed E-state index contributed by atoms with van der Waals surface area (Å²) in [6, 6.07) is 28.5. The molecular formula is C24H22IrN2+2. The molecule has 135 valence electrons. The fourth-order valence-corrected chi connectivity index (χ4v) is 2.77. The quantitative estimate of drug-likeness (QED) is 0.313. The number of nitrogens with zero attached hydrogens (tertiary/aromatic N) is 2. The van der Waals surface area contributed by atoms with E-state index in [0.29, 0.717) is 0 Å². The first-order chi connectivity index (χ1) is 12.8. The van der Waals surface area contributed by atoms with Gasteiger partial charge in [-0.2, -0.15) is 0 Å². The second-order valence-corrected chi connectivity index (χ2v) is 6.07. The predicted molar refractivity (Wildman–Crippen MR) is 109 cm³/mol. The molecule has 2 heterocycles. The van der Waals surface area contributed by atoms with Crippen molar-refractivity contribution in [2.75, 3.05) is 0 Å². The molecule has 1 radical (unpaired) electrons. The second kappa shape index (κ2) is 10.5. The number of aromatic nitrogens is 2. The van der Waals surface area contributed by atoms with Crippen LogP contribution >= 0.6 is 0 Å². The van der Waals surface area contributed by atoms with Crippen LogP contribution in [-0.2, 0) is 20.1 Å². The molecule has 0 saturated heterocycles. The molecule has 4 rings (SSSR count). The van der Waals surface area contributed by atoms with E-state index in [9.17, 15) is 0 Å². The van der Waals surface area contributed by atoms with Crippen LogP contribution in [0.25, 0.3) is 22.5 Å². The van der Waals surface area contributed by atoms with Gasteiger partial charge >= 0.3 is 20.1 Å². The maximum atomic E-state index is 4.35. The molecule has 0 aliphatic heterocycles. The monoisotopic (exact) mass is 531 g/mol. The van der Waals surface area contributed by atoms with E-state index in [2.05, 4.69) is 60.2 Å². The van der Waals surface area contributed by atoms with E-state index in [0.717, 1.165) is 11.4 Å². The Morgan fingerprint density at radius 2 is 0.852 bits per heavy atom. The predicted octanol–water partition coefficient (Wildman–Crippen LogP) is 6.11. The minimum Gasteiger partial charge on any atom is -0.256 e. The molecule has 0 aliphatic carbocycles. The molecule has 0 unspecified atom stereocenters. The van der Waals surface area contributed by atoms with Crippen LogP contribution in [0.5, 0.6) is 0 Å². The van der Waals surface area contributed by atoms with Crippen LogP contribution in [0.3, 0.4) is 0 Å². The summed E-state index contributed by atoms with van der Waals surface area (Å²) in [6.45, 7) is 4.16. The molecule has 0 saturated carbocycles. The van der Waals surface area contributed by atoms with Crippen molar-refractivity contribution in [1.29, 1.82) is 0 Å². The van der Waals surface area contributed by atoms with Crippen LogP contribution in [0.2, 0.25) is 0 Å². The summed E-state index contributed by atoms with van der Waals surface area (Å²) in [5, 5.41) is 0. The van der Waals surface area contributed by atoms with Crippen LogP contribution in [-0.4, -0.2) is 9.97 Å². The Labute approximate surface area is 174 Å². The molecule has 0 aliphatic rings. The fraction of sp³-hybridized carbons (Fsp3) is 0.0833. The smallest absolute Gasteiger partial charge is 0.256 e. The summed E-state index contributed by atoms with van der Waals surface area (Å²) < 4.78 is 0. The third kappa shape index (κ3) is 5.68. The molecule has 2 nitrogen and oxygen atoms in total. The molecule has 2 aromatic heterocycles. The molecule has 2 aromatic carbocycles. The summed E-state index contributed by atoms with van der Waals surface area (Å²) in [7, 11) is 0. The van der Waals surface area contributed by atoms with Gasteiger partial charge in [0.1, 0.15) is 0 Å². The normalized spacial score (nSPS) is 9.56. The van der Waals surface area contributed by atoms with Gasteiger partial charge in [0.2, 0.25) is 0 Å². The van der Waals surface area contributed by atoms with Crippen LogP contribution < -0.4 is 0 Å². The van der Waals surface area contributed by atoms with Crippen molar-refractivity contribution < 1.29 is 20.1 Å². The zero-order chi connectivity index (χ0) is 18.2. The maximum absolute atomic E-state index is 4.35. The van der Waals surface area contributed by atoms with Crippen molar-refractivity contribution in [1.82, 2.24) is 9.97 Å². The molecule has 0 atom stereocenters. The van der Waals surface area contributed by atoms with Gasteiger partial charge in [-0.1, -0.05) is 72.8 Å². The van der Waals surface area contributed by atoms with Gasteiger partial charge in [0.05, 0.1) is 11.4 Å². The summed E-state index contributed by atoms with van der Waals surface area (Å²) in [5.41, 5.74) is 6.94. The maximum Gasteiger partial charge on any atom is 2.00 e. The van der Waals surface area contributed by atoms with Crippen LogP contribution in [0.1, 0.15) is 11.1 Å². The van der Waals surface area contributed by atoms with Crippen LogP contribution in [0, 0.1) is 13.8 Å². The van der Waals surface area contributed by atoms with E-state index in [1.54, 1.807) is 0 Å². The Kier molecular flexibility index (Phi) is 8.06. The van der Waals surface area contributed by atoms with Gasteiger partial charge < -0.3 is 0 Å². The van der Waals surface area contributed by atoms with Gasteiger partial charge in [-0.15, -0.1) is 0 Å². The van der Waals surface area contributed by atoms with Crippen LogP contribution in [0.15, 0.2) is 97.3 Å². The molecule has 0 spiro atoms. The first-order valence-electron chi connectivity index (χ1n) is 8.70. The molecule has 3 heteroatoms. The van der Waals surface area contributed by atoms with E-state index in [-0.39, 0.29) is 20.1 Å². The minimum absolute atomic E-state index is 0. The first kappa shape index (κ1) is 20.7. The number of pyridine rings is 2. The van der Waals surface area contributed by atoms with Gasteiger partial charge in [-0.25, -0.2) is 0 Å². The molecular weight excluding hydrogens is 508 g/mol. The molecule has 0 bridgehead atoms. The molecule has 0 N–H and O–H groups in total. The number of hydrogen-bond donors (Lipinski definition) is 0. The van der Waals surface area contributed by atoms with Crippen molar-refractivity contribution >= 4 is 0 Å². The van der Waals surface area contributed by atoms with Crippen molar-refractivity contribution in [3.8, 4) is 22.5 Å². The van der Waals surface area contributed by atoms with Gasteiger partial charge in [-0.05, 0) is 37.1 Å². The minimum atomic E-state index is 0. The van der Waals surface area contributed by atoms with Crippen LogP contribution in [0.4, 0.5) is 0 Å². The Hall–Kier alpha value is -2.61. The third-order valence-electron chi connectivity index (χ3n) is 4.11. The van der Waals surface area contributed by atoms with E-state index >= 15 is 0 Å². The Morgan fingerprint density at radius 1 is 0.481 bits per heavy atom. The van der Waals surface area contributed by atoms with E-state index in [1.807, 2.05) is 60.9 Å². The van der Waals surface area contributed by atoms with Gasteiger partial charge in [-0.3, -0.25) is 9.97 Å². The van der Waals surface area contributed by atoms with Gasteiger partial charge in [0.15, 0.2) is 0 Å². The topological polar surface area (TPSA) is 25.8 Å². The van der Waals surface area contributed by atoms with Gasteiger partial charge in [0, 0.05) is 23.5 Å². The Bertz CT molecular complexity index is 873. The molecule has 4 aromatic rings. The molecule has 0 amide bonds. The Balaban J connectivity index is 0.000000187. The average Bonchev–Trinajstić information content (AvgIpc) is 2.71.